The van der Waals surface area contributed by atoms with E-state index >= 15 is 0 Å². The van der Waals surface area contributed by atoms with Crippen molar-refractivity contribution in [1.82, 2.24) is 0 Å². The molecule has 0 aromatic carbocycles. The number of alkyl halides is 1. The van der Waals surface area contributed by atoms with Crippen molar-refractivity contribution in [2.24, 2.45) is 4.99 Å². The molecule has 1 aliphatic heterocycles. The van der Waals surface area contributed by atoms with Gasteiger partial charge in [-0.3, -0.25) is 9.38 Å². The molecule has 0 atom stereocenters. The van der Waals surface area contributed by atoms with E-state index in [1.165, 1.54) is 0 Å². The molecular weight excluding hydrogens is 149 g/mol. The maximum absolute atomic E-state index is 11.8. The molecular formula is C7H8FNS. The molecule has 0 aromatic rings. The van der Waals surface area contributed by atoms with E-state index < -0.39 is 0 Å². The lowest BCUT2D eigenvalue weighted by Gasteiger charge is -2.04. The number of nitrogens with zero attached hydrogens (tertiary/aromatic N) is 1. The molecule has 0 saturated carbocycles. The van der Waals surface area contributed by atoms with Crippen molar-refractivity contribution in [3.8, 4) is 0 Å². The van der Waals surface area contributed by atoms with Crippen molar-refractivity contribution in [1.29, 1.82) is 0 Å². The highest BCUT2D eigenvalue weighted by molar-refractivity contribution is 7.80. The van der Waals surface area contributed by atoms with E-state index in [9.17, 15) is 4.39 Å². The van der Waals surface area contributed by atoms with Crippen LogP contribution in [0.2, 0.25) is 0 Å². The number of rotatable bonds is 2. The van der Waals surface area contributed by atoms with Crippen LogP contribution in [0.15, 0.2) is 17.3 Å². The summed E-state index contributed by atoms with van der Waals surface area (Å²) < 4.78 is 11.8. The second kappa shape index (κ2) is 3.56. The zero-order valence-electron chi connectivity index (χ0n) is 5.51. The molecule has 1 aliphatic rings. The number of aliphatic imine (C=N–C) groups is 1. The monoisotopic (exact) mass is 157 g/mol. The van der Waals surface area contributed by atoms with Gasteiger partial charge in [0.05, 0.1) is 6.67 Å². The largest absolute Gasteiger partial charge is 0.265 e. The molecule has 3 heteroatoms. The average molecular weight is 157 g/mol. The van der Waals surface area contributed by atoms with E-state index in [4.69, 9.17) is 12.2 Å². The van der Waals surface area contributed by atoms with Crippen molar-refractivity contribution in [2.45, 2.75) is 12.8 Å². The van der Waals surface area contributed by atoms with Gasteiger partial charge >= 0.3 is 0 Å². The third-order valence-corrected chi connectivity index (χ3v) is 1.56. The summed E-state index contributed by atoms with van der Waals surface area (Å²) in [7, 11) is 0. The quantitative estimate of drug-likeness (QED) is 0.559. The smallest absolute Gasteiger partial charge is 0.0946 e. The fourth-order valence-corrected chi connectivity index (χ4v) is 1.02. The standard InChI is InChI=1S/C7H8FNS/c8-3-1-6-5-7(10)2-4-9-6/h2,4H,1,3,5H2. The first kappa shape index (κ1) is 7.54. The zero-order valence-corrected chi connectivity index (χ0v) is 6.33. The molecule has 10 heavy (non-hydrogen) atoms. The second-order valence-electron chi connectivity index (χ2n) is 2.09. The van der Waals surface area contributed by atoms with Crippen molar-refractivity contribution in [3.05, 3.63) is 12.3 Å². The van der Waals surface area contributed by atoms with Crippen LogP contribution in [0.4, 0.5) is 4.39 Å². The van der Waals surface area contributed by atoms with Gasteiger partial charge in [-0.1, -0.05) is 12.2 Å². The third-order valence-electron chi connectivity index (χ3n) is 1.28. The Kier molecular flexibility index (Phi) is 2.68. The Bertz CT molecular complexity index is 196. The lowest BCUT2D eigenvalue weighted by atomic mass is 10.1. The summed E-state index contributed by atoms with van der Waals surface area (Å²) in [6, 6.07) is 0. The Labute approximate surface area is 64.7 Å². The molecule has 54 valence electrons. The van der Waals surface area contributed by atoms with E-state index in [0.717, 1.165) is 10.6 Å². The van der Waals surface area contributed by atoms with Gasteiger partial charge in [0.15, 0.2) is 0 Å². The number of halogens is 1. The minimum atomic E-state index is -0.338. The van der Waals surface area contributed by atoms with Gasteiger partial charge in [-0.15, -0.1) is 0 Å². The van der Waals surface area contributed by atoms with Gasteiger partial charge in [-0.2, -0.15) is 0 Å². The van der Waals surface area contributed by atoms with Crippen LogP contribution < -0.4 is 0 Å². The summed E-state index contributed by atoms with van der Waals surface area (Å²) in [6.07, 6.45) is 4.49. The van der Waals surface area contributed by atoms with Gasteiger partial charge in [-0.05, 0) is 6.08 Å². The lowest BCUT2D eigenvalue weighted by molar-refractivity contribution is 0.508. The first-order valence-corrected chi connectivity index (χ1v) is 3.54. The Hall–Kier alpha value is -0.570. The molecule has 0 fully saturated rings. The minimum Gasteiger partial charge on any atom is -0.265 e. The van der Waals surface area contributed by atoms with E-state index in [1.807, 2.05) is 0 Å². The molecule has 1 nitrogen and oxygen atoms in total. The first-order valence-electron chi connectivity index (χ1n) is 3.14. The molecule has 0 N–H and O–H groups in total. The fourth-order valence-electron chi connectivity index (χ4n) is 0.794. The Balaban J connectivity index is 2.53. The molecule has 0 aliphatic carbocycles. The highest BCUT2D eigenvalue weighted by Gasteiger charge is 2.04. The van der Waals surface area contributed by atoms with Gasteiger partial charge in [0, 0.05) is 29.6 Å². The van der Waals surface area contributed by atoms with Gasteiger partial charge in [0.1, 0.15) is 0 Å². The van der Waals surface area contributed by atoms with Gasteiger partial charge < -0.3 is 0 Å². The van der Waals surface area contributed by atoms with Crippen molar-refractivity contribution in [3.63, 3.8) is 0 Å². The molecule has 0 radical (unpaired) electrons. The average Bonchev–Trinajstić information content (AvgIpc) is 1.88. The van der Waals surface area contributed by atoms with Crippen LogP contribution in [0, 0.1) is 0 Å². The van der Waals surface area contributed by atoms with Crippen molar-refractivity contribution < 1.29 is 4.39 Å². The Morgan fingerprint density at radius 1 is 1.70 bits per heavy atom. The van der Waals surface area contributed by atoms with E-state index in [-0.39, 0.29) is 6.67 Å². The molecule has 0 bridgehead atoms. The summed E-state index contributed by atoms with van der Waals surface area (Å²) in [4.78, 5) is 4.82. The van der Waals surface area contributed by atoms with Crippen LogP contribution >= 0.6 is 12.2 Å². The molecule has 0 amide bonds. The van der Waals surface area contributed by atoms with E-state index in [2.05, 4.69) is 4.99 Å². The molecule has 0 unspecified atom stereocenters. The maximum Gasteiger partial charge on any atom is 0.0946 e. The van der Waals surface area contributed by atoms with Crippen LogP contribution in [0.3, 0.4) is 0 Å². The van der Waals surface area contributed by atoms with Crippen LogP contribution in [0.25, 0.3) is 0 Å². The zero-order chi connectivity index (χ0) is 7.40. The Morgan fingerprint density at radius 3 is 3.10 bits per heavy atom. The summed E-state index contributed by atoms with van der Waals surface area (Å²) in [5, 5.41) is 0. The minimum absolute atomic E-state index is 0.338. The Morgan fingerprint density at radius 2 is 2.50 bits per heavy atom. The van der Waals surface area contributed by atoms with Crippen LogP contribution in [0.1, 0.15) is 12.8 Å². The topological polar surface area (TPSA) is 12.4 Å². The first-order chi connectivity index (χ1) is 4.83. The summed E-state index contributed by atoms with van der Waals surface area (Å²) >= 11 is 4.91. The molecule has 0 saturated heterocycles. The molecule has 1 heterocycles. The third kappa shape index (κ3) is 1.99. The van der Waals surface area contributed by atoms with Gasteiger partial charge in [0.2, 0.25) is 0 Å². The van der Waals surface area contributed by atoms with Gasteiger partial charge in [0.25, 0.3) is 0 Å². The summed E-state index contributed by atoms with van der Waals surface area (Å²) in [6.45, 7) is -0.338. The maximum atomic E-state index is 11.8. The van der Waals surface area contributed by atoms with Crippen molar-refractivity contribution in [2.75, 3.05) is 6.67 Å². The number of allylic oxidation sites excluding steroid dienone is 1. The predicted molar refractivity (Wildman–Crippen MR) is 44.4 cm³/mol. The van der Waals surface area contributed by atoms with E-state index in [1.54, 1.807) is 12.3 Å². The fraction of sp³-hybridized carbons (Fsp3) is 0.429. The molecule has 1 rings (SSSR count). The van der Waals surface area contributed by atoms with Crippen LogP contribution in [-0.2, 0) is 0 Å². The normalized spacial score (nSPS) is 17.3. The summed E-state index contributed by atoms with van der Waals surface area (Å²) in [5.74, 6) is 0. The SMILES string of the molecule is FCCC1=NC=CC(=S)C1. The van der Waals surface area contributed by atoms with Gasteiger partial charge in [-0.25, -0.2) is 0 Å². The predicted octanol–water partition coefficient (Wildman–Crippen LogP) is 2.07. The molecule has 0 aromatic heterocycles. The number of hydrogen-bond acceptors (Lipinski definition) is 2. The van der Waals surface area contributed by atoms with Crippen LogP contribution in [0.5, 0.6) is 0 Å². The van der Waals surface area contributed by atoms with Crippen molar-refractivity contribution >= 4 is 22.8 Å². The second-order valence-corrected chi connectivity index (χ2v) is 2.62. The van der Waals surface area contributed by atoms with Crippen LogP contribution in [-0.4, -0.2) is 17.3 Å². The number of thiocarbonyl (C=S) groups is 1. The highest BCUT2D eigenvalue weighted by atomic mass is 32.1. The molecule has 0 spiro atoms. The summed E-state index contributed by atoms with van der Waals surface area (Å²) in [5.41, 5.74) is 0.856. The highest BCUT2D eigenvalue weighted by Crippen LogP contribution is 2.04. The van der Waals surface area contributed by atoms with E-state index in [0.29, 0.717) is 12.8 Å². The lowest BCUT2D eigenvalue weighted by Crippen LogP contribution is -2.07. The number of hydrogen-bond donors (Lipinski definition) is 0.